The van der Waals surface area contributed by atoms with Gasteiger partial charge in [0.05, 0.1) is 0 Å². The summed E-state index contributed by atoms with van der Waals surface area (Å²) in [6.07, 6.45) is 5.69. The molecule has 0 aliphatic heterocycles. The first kappa shape index (κ1) is 11.6. The lowest BCUT2D eigenvalue weighted by molar-refractivity contribution is 0.0683. The molecule has 0 spiro atoms. The molecule has 7 heteroatoms. The summed E-state index contributed by atoms with van der Waals surface area (Å²) in [6.45, 7) is 0. The third-order valence-electron chi connectivity index (χ3n) is 2.78. The fraction of sp³-hybridized carbons (Fsp3) is 0.600. The lowest BCUT2D eigenvalue weighted by Crippen LogP contribution is -2.24. The maximum atomic E-state index is 10.8. The number of aromatic nitrogens is 3. The van der Waals surface area contributed by atoms with Crippen molar-refractivity contribution in [2.75, 3.05) is 11.1 Å². The van der Waals surface area contributed by atoms with Crippen molar-refractivity contribution in [1.29, 1.82) is 0 Å². The number of nitrogens with zero attached hydrogens (tertiary/aromatic N) is 3. The second-order valence-electron chi connectivity index (χ2n) is 4.13. The zero-order valence-corrected chi connectivity index (χ0v) is 9.39. The molecule has 92 valence electrons. The molecule has 7 nitrogen and oxygen atoms in total. The Bertz CT molecular complexity index is 417. The molecule has 1 aliphatic carbocycles. The van der Waals surface area contributed by atoms with E-state index < -0.39 is 5.97 Å². The molecular weight excluding hydrogens is 222 g/mol. The van der Waals surface area contributed by atoms with Crippen molar-refractivity contribution in [1.82, 2.24) is 15.0 Å². The summed E-state index contributed by atoms with van der Waals surface area (Å²) in [5.41, 5.74) is 5.44. The number of nitrogens with two attached hydrogens (primary N) is 1. The Balaban J connectivity index is 2.11. The van der Waals surface area contributed by atoms with Gasteiger partial charge in [-0.15, -0.1) is 0 Å². The number of hydrogen-bond donors (Lipinski definition) is 3. The standard InChI is InChI=1S/C10H15N5O2/c11-9-13-7(8(16)17)14-10(15-9)12-6-4-2-1-3-5-6/h6H,1-5H2,(H,16,17)(H3,11,12,13,14,15). The SMILES string of the molecule is Nc1nc(NC2CCCCC2)nc(C(=O)O)n1. The van der Waals surface area contributed by atoms with Crippen molar-refractivity contribution in [3.8, 4) is 0 Å². The van der Waals surface area contributed by atoms with E-state index in [-0.39, 0.29) is 17.7 Å². The van der Waals surface area contributed by atoms with Gasteiger partial charge in [0.2, 0.25) is 17.7 Å². The number of nitrogens with one attached hydrogen (secondary N) is 1. The first-order valence-electron chi connectivity index (χ1n) is 5.66. The van der Waals surface area contributed by atoms with Crippen molar-refractivity contribution in [3.05, 3.63) is 5.82 Å². The lowest BCUT2D eigenvalue weighted by atomic mass is 9.96. The molecule has 0 amide bonds. The highest BCUT2D eigenvalue weighted by Gasteiger charge is 2.16. The van der Waals surface area contributed by atoms with Gasteiger partial charge in [0, 0.05) is 6.04 Å². The normalized spacial score (nSPS) is 16.7. The van der Waals surface area contributed by atoms with Gasteiger partial charge in [-0.25, -0.2) is 4.79 Å². The average Bonchev–Trinajstić information content (AvgIpc) is 2.29. The van der Waals surface area contributed by atoms with Crippen LogP contribution in [0.1, 0.15) is 42.7 Å². The van der Waals surface area contributed by atoms with E-state index >= 15 is 0 Å². The van der Waals surface area contributed by atoms with E-state index in [1.165, 1.54) is 19.3 Å². The Hall–Kier alpha value is -1.92. The van der Waals surface area contributed by atoms with Gasteiger partial charge in [-0.1, -0.05) is 19.3 Å². The van der Waals surface area contributed by atoms with E-state index in [2.05, 4.69) is 20.3 Å². The number of carboxylic acid groups (broad SMARTS) is 1. The van der Waals surface area contributed by atoms with Crippen LogP contribution in [0.5, 0.6) is 0 Å². The summed E-state index contributed by atoms with van der Waals surface area (Å²) >= 11 is 0. The van der Waals surface area contributed by atoms with E-state index in [0.29, 0.717) is 6.04 Å². The van der Waals surface area contributed by atoms with Crippen LogP contribution in [0.15, 0.2) is 0 Å². The molecule has 1 aromatic heterocycles. The van der Waals surface area contributed by atoms with Crippen molar-refractivity contribution in [2.24, 2.45) is 0 Å². The van der Waals surface area contributed by atoms with Gasteiger partial charge in [0.1, 0.15) is 0 Å². The van der Waals surface area contributed by atoms with Crippen molar-refractivity contribution < 1.29 is 9.90 Å². The molecule has 1 saturated carbocycles. The second-order valence-corrected chi connectivity index (χ2v) is 4.13. The number of nitrogen functional groups attached to an aromatic ring is 1. The molecule has 0 bridgehead atoms. The second kappa shape index (κ2) is 4.94. The first-order chi connectivity index (χ1) is 8.15. The van der Waals surface area contributed by atoms with E-state index in [1.807, 2.05) is 0 Å². The fourth-order valence-electron chi connectivity index (χ4n) is 1.98. The van der Waals surface area contributed by atoms with Gasteiger partial charge in [-0.05, 0) is 12.8 Å². The van der Waals surface area contributed by atoms with Crippen LogP contribution in [-0.4, -0.2) is 32.1 Å². The predicted molar refractivity (Wildman–Crippen MR) is 61.7 cm³/mol. The maximum Gasteiger partial charge on any atom is 0.374 e. The number of anilines is 2. The average molecular weight is 237 g/mol. The number of carboxylic acids is 1. The number of aromatic carboxylic acids is 1. The van der Waals surface area contributed by atoms with Gasteiger partial charge in [0.15, 0.2) is 0 Å². The van der Waals surface area contributed by atoms with Crippen LogP contribution < -0.4 is 11.1 Å². The minimum atomic E-state index is -1.20. The maximum absolute atomic E-state index is 10.8. The summed E-state index contributed by atoms with van der Waals surface area (Å²) in [5.74, 6) is -1.35. The van der Waals surface area contributed by atoms with E-state index in [1.54, 1.807) is 0 Å². The van der Waals surface area contributed by atoms with E-state index in [0.717, 1.165) is 12.8 Å². The zero-order chi connectivity index (χ0) is 12.3. The van der Waals surface area contributed by atoms with Crippen LogP contribution in [0.2, 0.25) is 0 Å². The quantitative estimate of drug-likeness (QED) is 0.715. The summed E-state index contributed by atoms with van der Waals surface area (Å²) < 4.78 is 0. The van der Waals surface area contributed by atoms with Crippen LogP contribution in [0.4, 0.5) is 11.9 Å². The molecule has 1 fully saturated rings. The Morgan fingerprint density at radius 2 is 1.94 bits per heavy atom. The Morgan fingerprint density at radius 3 is 2.59 bits per heavy atom. The Labute approximate surface area is 98.5 Å². The van der Waals surface area contributed by atoms with E-state index in [9.17, 15) is 4.79 Å². The Kier molecular flexibility index (Phi) is 3.36. The van der Waals surface area contributed by atoms with Crippen LogP contribution in [0, 0.1) is 0 Å². The molecule has 0 saturated heterocycles. The van der Waals surface area contributed by atoms with Gasteiger partial charge in [0.25, 0.3) is 0 Å². The summed E-state index contributed by atoms with van der Waals surface area (Å²) in [4.78, 5) is 22.0. The highest BCUT2D eigenvalue weighted by molar-refractivity contribution is 5.83. The van der Waals surface area contributed by atoms with Gasteiger partial charge in [-0.3, -0.25) is 0 Å². The molecule has 4 N–H and O–H groups in total. The number of carbonyl (C=O) groups is 1. The molecule has 0 atom stereocenters. The molecule has 0 unspecified atom stereocenters. The van der Waals surface area contributed by atoms with Crippen molar-refractivity contribution >= 4 is 17.9 Å². The lowest BCUT2D eigenvalue weighted by Gasteiger charge is -2.22. The molecule has 0 aromatic carbocycles. The highest BCUT2D eigenvalue weighted by Crippen LogP contribution is 2.20. The summed E-state index contributed by atoms with van der Waals surface area (Å²) in [6, 6.07) is 0.298. The molecule has 0 radical (unpaired) electrons. The number of rotatable bonds is 3. The van der Waals surface area contributed by atoms with Gasteiger partial charge < -0.3 is 16.2 Å². The van der Waals surface area contributed by atoms with Gasteiger partial charge in [-0.2, -0.15) is 15.0 Å². The van der Waals surface area contributed by atoms with Crippen LogP contribution >= 0.6 is 0 Å². The smallest absolute Gasteiger partial charge is 0.374 e. The van der Waals surface area contributed by atoms with Crippen molar-refractivity contribution in [3.63, 3.8) is 0 Å². The topological polar surface area (TPSA) is 114 Å². The first-order valence-corrected chi connectivity index (χ1v) is 5.66. The van der Waals surface area contributed by atoms with Crippen LogP contribution in [-0.2, 0) is 0 Å². The zero-order valence-electron chi connectivity index (χ0n) is 9.39. The largest absolute Gasteiger partial charge is 0.475 e. The predicted octanol–water partition coefficient (Wildman–Crippen LogP) is 0.897. The highest BCUT2D eigenvalue weighted by atomic mass is 16.4. The van der Waals surface area contributed by atoms with Crippen LogP contribution in [0.3, 0.4) is 0 Å². The molecule has 1 aliphatic rings. The van der Waals surface area contributed by atoms with Crippen molar-refractivity contribution in [2.45, 2.75) is 38.1 Å². The minimum Gasteiger partial charge on any atom is -0.475 e. The third kappa shape index (κ3) is 3.02. The molecule has 17 heavy (non-hydrogen) atoms. The summed E-state index contributed by atoms with van der Waals surface area (Å²) in [7, 11) is 0. The van der Waals surface area contributed by atoms with Crippen LogP contribution in [0.25, 0.3) is 0 Å². The number of hydrogen-bond acceptors (Lipinski definition) is 6. The molecular formula is C10H15N5O2. The third-order valence-corrected chi connectivity index (χ3v) is 2.78. The van der Waals surface area contributed by atoms with E-state index in [4.69, 9.17) is 10.8 Å². The Morgan fingerprint density at radius 1 is 1.24 bits per heavy atom. The van der Waals surface area contributed by atoms with Gasteiger partial charge >= 0.3 is 5.97 Å². The summed E-state index contributed by atoms with van der Waals surface area (Å²) in [5, 5.41) is 11.9. The fourth-order valence-corrected chi connectivity index (χ4v) is 1.98. The molecule has 1 heterocycles. The molecule has 1 aromatic rings. The molecule has 2 rings (SSSR count). The minimum absolute atomic E-state index is 0.0734. The monoisotopic (exact) mass is 237 g/mol.